The SMILES string of the molecule is CCC(=O)Nc1ccc(C(=O)NCCNc2cc(N3CCCC3)ncn2)cc1. The molecule has 28 heavy (non-hydrogen) atoms. The first-order valence-corrected chi connectivity index (χ1v) is 9.64. The molecule has 1 saturated heterocycles. The van der Waals surface area contributed by atoms with E-state index >= 15 is 0 Å². The van der Waals surface area contributed by atoms with Crippen LogP contribution in [0.15, 0.2) is 36.7 Å². The Morgan fingerprint density at radius 2 is 1.82 bits per heavy atom. The number of amides is 2. The summed E-state index contributed by atoms with van der Waals surface area (Å²) >= 11 is 0. The van der Waals surface area contributed by atoms with Crippen LogP contribution in [-0.2, 0) is 4.79 Å². The van der Waals surface area contributed by atoms with E-state index < -0.39 is 0 Å². The van der Waals surface area contributed by atoms with E-state index in [2.05, 4.69) is 30.8 Å². The fourth-order valence-corrected chi connectivity index (χ4v) is 2.99. The second kappa shape index (κ2) is 9.68. The molecule has 8 heteroatoms. The van der Waals surface area contributed by atoms with E-state index in [9.17, 15) is 9.59 Å². The number of nitrogens with zero attached hydrogens (tertiary/aromatic N) is 3. The van der Waals surface area contributed by atoms with E-state index in [-0.39, 0.29) is 11.8 Å². The van der Waals surface area contributed by atoms with Crippen LogP contribution in [0.1, 0.15) is 36.5 Å². The topological polar surface area (TPSA) is 99.2 Å². The molecule has 148 valence electrons. The van der Waals surface area contributed by atoms with Gasteiger partial charge in [-0.25, -0.2) is 9.97 Å². The zero-order valence-electron chi connectivity index (χ0n) is 16.1. The molecule has 0 spiro atoms. The number of nitrogens with one attached hydrogen (secondary N) is 3. The number of hydrogen-bond donors (Lipinski definition) is 3. The molecule has 2 heterocycles. The minimum absolute atomic E-state index is 0.0547. The Balaban J connectivity index is 1.43. The number of hydrogen-bond acceptors (Lipinski definition) is 6. The fourth-order valence-electron chi connectivity index (χ4n) is 2.99. The van der Waals surface area contributed by atoms with Gasteiger partial charge in [0.15, 0.2) is 0 Å². The van der Waals surface area contributed by atoms with E-state index in [0.717, 1.165) is 24.7 Å². The van der Waals surface area contributed by atoms with Gasteiger partial charge in [-0.15, -0.1) is 0 Å². The van der Waals surface area contributed by atoms with E-state index in [1.54, 1.807) is 37.5 Å². The number of rotatable bonds is 8. The molecule has 1 fully saturated rings. The molecule has 2 amide bonds. The summed E-state index contributed by atoms with van der Waals surface area (Å²) in [7, 11) is 0. The van der Waals surface area contributed by atoms with Crippen LogP contribution in [-0.4, -0.2) is 48.0 Å². The van der Waals surface area contributed by atoms with E-state index in [4.69, 9.17) is 0 Å². The standard InChI is InChI=1S/C20H26N6O2/c1-2-19(27)25-16-7-5-15(6-8-16)20(28)22-10-9-21-17-13-18(24-14-23-17)26-11-3-4-12-26/h5-8,13-14H,2-4,9-12H2,1H3,(H,22,28)(H,25,27)(H,21,23,24). The Bertz CT molecular complexity index is 803. The Morgan fingerprint density at radius 1 is 1.07 bits per heavy atom. The normalized spacial score (nSPS) is 13.2. The third-order valence-electron chi connectivity index (χ3n) is 4.55. The molecule has 1 aliphatic rings. The Labute approximate surface area is 164 Å². The van der Waals surface area contributed by atoms with Crippen molar-refractivity contribution in [1.82, 2.24) is 15.3 Å². The van der Waals surface area contributed by atoms with Crippen LogP contribution in [0, 0.1) is 0 Å². The van der Waals surface area contributed by atoms with Crippen molar-refractivity contribution in [3.05, 3.63) is 42.2 Å². The van der Waals surface area contributed by atoms with Crippen LogP contribution in [0.5, 0.6) is 0 Å². The molecular weight excluding hydrogens is 356 g/mol. The van der Waals surface area contributed by atoms with Gasteiger partial charge in [0.1, 0.15) is 18.0 Å². The van der Waals surface area contributed by atoms with Crippen LogP contribution in [0.2, 0.25) is 0 Å². The molecule has 1 aromatic carbocycles. The quantitative estimate of drug-likeness (QED) is 0.606. The van der Waals surface area contributed by atoms with Gasteiger partial charge in [-0.3, -0.25) is 9.59 Å². The third kappa shape index (κ3) is 5.42. The molecule has 3 rings (SSSR count). The smallest absolute Gasteiger partial charge is 0.251 e. The van der Waals surface area contributed by atoms with Gasteiger partial charge in [-0.1, -0.05) is 6.92 Å². The van der Waals surface area contributed by atoms with Gasteiger partial charge in [-0.05, 0) is 37.1 Å². The first-order chi connectivity index (χ1) is 13.7. The number of carbonyl (C=O) groups is 2. The van der Waals surface area contributed by atoms with Gasteiger partial charge in [0, 0.05) is 49.9 Å². The Hall–Kier alpha value is -3.16. The maximum atomic E-state index is 12.2. The predicted octanol–water partition coefficient (Wildman–Crippen LogP) is 2.27. The number of anilines is 3. The van der Waals surface area contributed by atoms with Crippen molar-refractivity contribution in [3.63, 3.8) is 0 Å². The number of benzene rings is 1. The molecule has 0 saturated carbocycles. The molecule has 3 N–H and O–H groups in total. The van der Waals surface area contributed by atoms with Crippen LogP contribution in [0.4, 0.5) is 17.3 Å². The maximum absolute atomic E-state index is 12.2. The zero-order valence-corrected chi connectivity index (χ0v) is 16.1. The lowest BCUT2D eigenvalue weighted by atomic mass is 10.2. The van der Waals surface area contributed by atoms with Crippen LogP contribution in [0.3, 0.4) is 0 Å². The first kappa shape index (κ1) is 19.6. The van der Waals surface area contributed by atoms with Crippen molar-refractivity contribution in [1.29, 1.82) is 0 Å². The molecular formula is C20H26N6O2. The molecule has 1 aliphatic heterocycles. The average Bonchev–Trinajstić information content (AvgIpc) is 3.27. The molecule has 0 unspecified atom stereocenters. The first-order valence-electron chi connectivity index (χ1n) is 9.64. The molecule has 1 aromatic heterocycles. The molecule has 0 bridgehead atoms. The summed E-state index contributed by atoms with van der Waals surface area (Å²) in [6.45, 7) is 4.89. The second-order valence-corrected chi connectivity index (χ2v) is 6.62. The molecule has 2 aromatic rings. The van der Waals surface area contributed by atoms with Crippen LogP contribution < -0.4 is 20.9 Å². The van der Waals surface area contributed by atoms with Gasteiger partial charge < -0.3 is 20.9 Å². The Morgan fingerprint density at radius 3 is 2.54 bits per heavy atom. The monoisotopic (exact) mass is 382 g/mol. The average molecular weight is 382 g/mol. The van der Waals surface area contributed by atoms with Crippen molar-refractivity contribution in [2.24, 2.45) is 0 Å². The number of aromatic nitrogens is 2. The highest BCUT2D eigenvalue weighted by Gasteiger charge is 2.14. The summed E-state index contributed by atoms with van der Waals surface area (Å²) in [6, 6.07) is 8.78. The zero-order chi connectivity index (χ0) is 19.8. The van der Waals surface area contributed by atoms with E-state index in [0.29, 0.717) is 30.8 Å². The highest BCUT2D eigenvalue weighted by molar-refractivity contribution is 5.95. The number of carbonyl (C=O) groups excluding carboxylic acids is 2. The lowest BCUT2D eigenvalue weighted by molar-refractivity contribution is -0.115. The summed E-state index contributed by atoms with van der Waals surface area (Å²) in [6.07, 6.45) is 4.38. The molecule has 8 nitrogen and oxygen atoms in total. The summed E-state index contributed by atoms with van der Waals surface area (Å²) in [5.74, 6) is 1.48. The van der Waals surface area contributed by atoms with Crippen molar-refractivity contribution < 1.29 is 9.59 Å². The largest absolute Gasteiger partial charge is 0.368 e. The van der Waals surface area contributed by atoms with Crippen molar-refractivity contribution >= 4 is 29.1 Å². The lowest BCUT2D eigenvalue weighted by Crippen LogP contribution is -2.29. The van der Waals surface area contributed by atoms with Gasteiger partial charge in [0.25, 0.3) is 5.91 Å². The summed E-state index contributed by atoms with van der Waals surface area (Å²) in [4.78, 5) is 34.4. The van der Waals surface area contributed by atoms with Crippen molar-refractivity contribution in [3.8, 4) is 0 Å². The molecule has 0 aliphatic carbocycles. The van der Waals surface area contributed by atoms with Crippen LogP contribution >= 0.6 is 0 Å². The second-order valence-electron chi connectivity index (χ2n) is 6.62. The van der Waals surface area contributed by atoms with Gasteiger partial charge >= 0.3 is 0 Å². The summed E-state index contributed by atoms with van der Waals surface area (Å²) in [5, 5.41) is 8.84. The maximum Gasteiger partial charge on any atom is 0.251 e. The van der Waals surface area contributed by atoms with Gasteiger partial charge in [0.05, 0.1) is 0 Å². The van der Waals surface area contributed by atoms with Gasteiger partial charge in [-0.2, -0.15) is 0 Å². The summed E-state index contributed by atoms with van der Waals surface area (Å²) < 4.78 is 0. The van der Waals surface area contributed by atoms with E-state index in [1.807, 2.05) is 6.07 Å². The van der Waals surface area contributed by atoms with Crippen LogP contribution in [0.25, 0.3) is 0 Å². The molecule has 0 radical (unpaired) electrons. The van der Waals surface area contributed by atoms with E-state index in [1.165, 1.54) is 12.8 Å². The Kier molecular flexibility index (Phi) is 6.78. The third-order valence-corrected chi connectivity index (χ3v) is 4.55. The highest BCUT2D eigenvalue weighted by Crippen LogP contribution is 2.19. The van der Waals surface area contributed by atoms with Gasteiger partial charge in [0.2, 0.25) is 5.91 Å². The predicted molar refractivity (Wildman–Crippen MR) is 110 cm³/mol. The molecule has 0 atom stereocenters. The minimum atomic E-state index is -0.157. The minimum Gasteiger partial charge on any atom is -0.368 e. The lowest BCUT2D eigenvalue weighted by Gasteiger charge is -2.16. The highest BCUT2D eigenvalue weighted by atomic mass is 16.2. The van der Waals surface area contributed by atoms with Crippen molar-refractivity contribution in [2.75, 3.05) is 41.7 Å². The van der Waals surface area contributed by atoms with Crippen molar-refractivity contribution in [2.45, 2.75) is 26.2 Å². The summed E-state index contributed by atoms with van der Waals surface area (Å²) in [5.41, 5.74) is 1.23. The fraction of sp³-hybridized carbons (Fsp3) is 0.400.